The van der Waals surface area contributed by atoms with Gasteiger partial charge in [0.25, 0.3) is 0 Å². The molecule has 5 nitrogen and oxygen atoms in total. The fourth-order valence-electron chi connectivity index (χ4n) is 3.77. The number of rotatable bonds is 6. The second-order valence-electron chi connectivity index (χ2n) is 7.07. The number of aryl methyl sites for hydroxylation is 1. The Morgan fingerprint density at radius 2 is 2.04 bits per heavy atom. The van der Waals surface area contributed by atoms with Crippen LogP contribution in [0.15, 0.2) is 18.2 Å². The van der Waals surface area contributed by atoms with E-state index in [-0.39, 0.29) is 29.7 Å². The first-order valence-electron chi connectivity index (χ1n) is 8.47. The van der Waals surface area contributed by atoms with Crippen molar-refractivity contribution in [3.63, 3.8) is 0 Å². The Morgan fingerprint density at radius 3 is 2.62 bits per heavy atom. The summed E-state index contributed by atoms with van der Waals surface area (Å²) in [7, 11) is -1.49. The average molecular weight is 351 g/mol. The highest BCUT2D eigenvalue weighted by Crippen LogP contribution is 2.39. The highest BCUT2D eigenvalue weighted by atomic mass is 32.2. The Kier molecular flexibility index (Phi) is 4.60. The van der Waals surface area contributed by atoms with E-state index in [2.05, 4.69) is 0 Å². The molecule has 1 saturated carbocycles. The van der Waals surface area contributed by atoms with Crippen molar-refractivity contribution in [3.8, 4) is 5.75 Å². The molecule has 0 spiro atoms. The first-order valence-corrected chi connectivity index (χ1v) is 10.5. The van der Waals surface area contributed by atoms with Gasteiger partial charge in [0.15, 0.2) is 0 Å². The van der Waals surface area contributed by atoms with Gasteiger partial charge >= 0.3 is 0 Å². The lowest BCUT2D eigenvalue weighted by molar-refractivity contribution is -0.135. The molecule has 0 aliphatic heterocycles. The van der Waals surface area contributed by atoms with Crippen LogP contribution in [0.5, 0.6) is 5.75 Å². The molecule has 1 aromatic carbocycles. The molecule has 0 bridgehead atoms. The van der Waals surface area contributed by atoms with E-state index in [1.807, 2.05) is 30.0 Å². The predicted molar refractivity (Wildman–Crippen MR) is 93.1 cm³/mol. The fraction of sp³-hybridized carbons (Fsp3) is 0.611. The standard InChI is InChI=1S/C18H25NO4S/c1-12(11-24(3,21)22)19(14-6-7-14)18(20)16-9-5-13-4-8-15(23-2)10-17(13)16/h4,8,10,12,14,16H,5-7,9,11H2,1-3H3. The number of sulfone groups is 1. The molecule has 0 aromatic heterocycles. The fourth-order valence-corrected chi connectivity index (χ4v) is 4.81. The molecule has 1 amide bonds. The average Bonchev–Trinajstić information content (AvgIpc) is 3.23. The maximum absolute atomic E-state index is 13.2. The van der Waals surface area contributed by atoms with Gasteiger partial charge in [-0.1, -0.05) is 6.07 Å². The minimum absolute atomic E-state index is 0.0208. The van der Waals surface area contributed by atoms with Crippen LogP contribution in [-0.2, 0) is 21.1 Å². The summed E-state index contributed by atoms with van der Waals surface area (Å²) < 4.78 is 28.6. The van der Waals surface area contributed by atoms with Gasteiger partial charge in [-0.2, -0.15) is 0 Å². The van der Waals surface area contributed by atoms with Crippen LogP contribution in [-0.4, -0.2) is 50.4 Å². The van der Waals surface area contributed by atoms with Gasteiger partial charge in [0.1, 0.15) is 15.6 Å². The van der Waals surface area contributed by atoms with E-state index < -0.39 is 9.84 Å². The summed E-state index contributed by atoms with van der Waals surface area (Å²) in [5.74, 6) is 0.668. The third kappa shape index (κ3) is 3.58. The van der Waals surface area contributed by atoms with Crippen molar-refractivity contribution in [3.05, 3.63) is 29.3 Å². The monoisotopic (exact) mass is 351 g/mol. The topological polar surface area (TPSA) is 63.7 Å². The van der Waals surface area contributed by atoms with Crippen molar-refractivity contribution in [2.24, 2.45) is 0 Å². The van der Waals surface area contributed by atoms with E-state index >= 15 is 0 Å². The quantitative estimate of drug-likeness (QED) is 0.788. The Labute approximate surface area is 143 Å². The number of fused-ring (bicyclic) bond motifs is 1. The summed E-state index contributed by atoms with van der Waals surface area (Å²) in [4.78, 5) is 15.0. The number of methoxy groups -OCH3 is 1. The highest BCUT2D eigenvalue weighted by molar-refractivity contribution is 7.90. The van der Waals surface area contributed by atoms with Crippen LogP contribution < -0.4 is 4.74 Å². The van der Waals surface area contributed by atoms with Crippen LogP contribution in [0.1, 0.15) is 43.2 Å². The lowest BCUT2D eigenvalue weighted by Gasteiger charge is -2.31. The van der Waals surface area contributed by atoms with Gasteiger partial charge in [-0.05, 0) is 55.9 Å². The summed E-state index contributed by atoms with van der Waals surface area (Å²) in [6, 6.07) is 5.83. The summed E-state index contributed by atoms with van der Waals surface area (Å²) in [6.07, 6.45) is 4.84. The van der Waals surface area contributed by atoms with E-state index in [9.17, 15) is 13.2 Å². The molecule has 2 atom stereocenters. The van der Waals surface area contributed by atoms with Gasteiger partial charge in [-0.15, -0.1) is 0 Å². The number of hydrogen-bond donors (Lipinski definition) is 0. The zero-order chi connectivity index (χ0) is 17.5. The van der Waals surface area contributed by atoms with Crippen molar-refractivity contribution < 1.29 is 17.9 Å². The molecule has 0 radical (unpaired) electrons. The molecule has 0 N–H and O–H groups in total. The van der Waals surface area contributed by atoms with Gasteiger partial charge in [-0.25, -0.2) is 8.42 Å². The molecule has 0 saturated heterocycles. The Bertz CT molecular complexity index is 739. The van der Waals surface area contributed by atoms with Crippen molar-refractivity contribution in [1.29, 1.82) is 0 Å². The van der Waals surface area contributed by atoms with Crippen molar-refractivity contribution in [2.45, 2.75) is 50.6 Å². The van der Waals surface area contributed by atoms with E-state index in [1.54, 1.807) is 7.11 Å². The molecule has 0 heterocycles. The second kappa shape index (κ2) is 6.39. The molecule has 2 unspecified atom stereocenters. The van der Waals surface area contributed by atoms with Gasteiger partial charge in [0.05, 0.1) is 18.8 Å². The molecular formula is C18H25NO4S. The first-order chi connectivity index (χ1) is 11.3. The maximum Gasteiger partial charge on any atom is 0.230 e. The number of nitrogens with zero attached hydrogens (tertiary/aromatic N) is 1. The van der Waals surface area contributed by atoms with Crippen molar-refractivity contribution in [1.82, 2.24) is 4.90 Å². The number of carbonyl (C=O) groups excluding carboxylic acids is 1. The largest absolute Gasteiger partial charge is 0.497 e. The number of amides is 1. The van der Waals surface area contributed by atoms with Gasteiger partial charge in [-0.3, -0.25) is 4.79 Å². The molecule has 24 heavy (non-hydrogen) atoms. The second-order valence-corrected chi connectivity index (χ2v) is 9.26. The van der Waals surface area contributed by atoms with Gasteiger partial charge < -0.3 is 9.64 Å². The van der Waals surface area contributed by atoms with E-state index in [0.717, 1.165) is 37.0 Å². The SMILES string of the molecule is COc1ccc2c(c1)C(C(=O)N(C(C)CS(C)(=O)=O)C1CC1)CC2. The van der Waals surface area contributed by atoms with Crippen LogP contribution in [0.25, 0.3) is 0 Å². The summed E-state index contributed by atoms with van der Waals surface area (Å²) in [5, 5.41) is 0. The van der Waals surface area contributed by atoms with Crippen molar-refractivity contribution in [2.75, 3.05) is 19.1 Å². The highest BCUT2D eigenvalue weighted by Gasteiger charge is 2.41. The number of ether oxygens (including phenoxy) is 1. The van der Waals surface area contributed by atoms with Crippen LogP contribution in [0.4, 0.5) is 0 Å². The van der Waals surface area contributed by atoms with Crippen molar-refractivity contribution >= 4 is 15.7 Å². The molecule has 6 heteroatoms. The molecule has 1 fully saturated rings. The van der Waals surface area contributed by atoms with Crippen LogP contribution in [0.2, 0.25) is 0 Å². The minimum atomic E-state index is -3.12. The first kappa shape index (κ1) is 17.3. The van der Waals surface area contributed by atoms with Gasteiger partial charge in [0.2, 0.25) is 5.91 Å². The minimum Gasteiger partial charge on any atom is -0.497 e. The third-order valence-corrected chi connectivity index (χ3v) is 6.03. The zero-order valence-corrected chi connectivity index (χ0v) is 15.3. The maximum atomic E-state index is 13.2. The van der Waals surface area contributed by atoms with Crippen LogP contribution >= 0.6 is 0 Å². The van der Waals surface area contributed by atoms with Gasteiger partial charge in [0, 0.05) is 18.3 Å². The molecule has 3 rings (SSSR count). The Morgan fingerprint density at radius 1 is 1.33 bits per heavy atom. The molecule has 132 valence electrons. The van der Waals surface area contributed by atoms with Crippen LogP contribution in [0, 0.1) is 0 Å². The Hall–Kier alpha value is -1.56. The molecule has 2 aliphatic carbocycles. The molecular weight excluding hydrogens is 326 g/mol. The summed E-state index contributed by atoms with van der Waals surface area (Å²) in [5.41, 5.74) is 2.23. The van der Waals surface area contributed by atoms with Crippen LogP contribution in [0.3, 0.4) is 0 Å². The third-order valence-electron chi connectivity index (χ3n) is 4.94. The summed E-state index contributed by atoms with van der Waals surface area (Å²) >= 11 is 0. The number of hydrogen-bond acceptors (Lipinski definition) is 4. The number of benzene rings is 1. The molecule has 1 aromatic rings. The normalized spacial score (nSPS) is 21.2. The van der Waals surface area contributed by atoms with E-state index in [4.69, 9.17) is 4.74 Å². The Balaban J connectivity index is 1.85. The summed E-state index contributed by atoms with van der Waals surface area (Å²) in [6.45, 7) is 1.85. The predicted octanol–water partition coefficient (Wildman–Crippen LogP) is 2.15. The number of carbonyl (C=O) groups is 1. The lowest BCUT2D eigenvalue weighted by atomic mass is 9.98. The zero-order valence-electron chi connectivity index (χ0n) is 14.5. The van der Waals surface area contributed by atoms with E-state index in [0.29, 0.717) is 0 Å². The molecule has 2 aliphatic rings. The smallest absolute Gasteiger partial charge is 0.230 e. The lowest BCUT2D eigenvalue weighted by Crippen LogP contribution is -2.45. The van der Waals surface area contributed by atoms with E-state index in [1.165, 1.54) is 11.8 Å².